The molecule has 2 unspecified atom stereocenters. The first kappa shape index (κ1) is 13.6. The Balaban J connectivity index is 1.65. The first-order chi connectivity index (χ1) is 9.76. The Morgan fingerprint density at radius 3 is 2.80 bits per heavy atom. The van der Waals surface area contributed by atoms with E-state index in [1.165, 1.54) is 44.7 Å². The highest BCUT2D eigenvalue weighted by atomic mass is 19.1. The van der Waals surface area contributed by atoms with Gasteiger partial charge in [-0.3, -0.25) is 4.90 Å². The molecule has 2 aliphatic rings. The quantitative estimate of drug-likeness (QED) is 0.820. The summed E-state index contributed by atoms with van der Waals surface area (Å²) >= 11 is 0. The Morgan fingerprint density at radius 1 is 1.20 bits per heavy atom. The zero-order chi connectivity index (χ0) is 13.9. The van der Waals surface area contributed by atoms with Crippen LogP contribution < -0.4 is 0 Å². The molecule has 20 heavy (non-hydrogen) atoms. The maximum atomic E-state index is 13.3. The van der Waals surface area contributed by atoms with Gasteiger partial charge in [0.25, 0.3) is 0 Å². The number of nitriles is 1. The van der Waals surface area contributed by atoms with Crippen LogP contribution in [0.1, 0.15) is 43.2 Å². The molecule has 0 aromatic heterocycles. The van der Waals surface area contributed by atoms with E-state index in [-0.39, 0.29) is 5.56 Å². The molecule has 2 fully saturated rings. The zero-order valence-electron chi connectivity index (χ0n) is 11.8. The minimum atomic E-state index is -0.415. The number of hydrogen-bond acceptors (Lipinski definition) is 2. The number of piperidine rings is 1. The number of halogens is 1. The number of rotatable bonds is 2. The number of fused-ring (bicyclic) bond motifs is 1. The Labute approximate surface area is 120 Å². The number of benzene rings is 1. The fourth-order valence-electron chi connectivity index (χ4n) is 3.83. The minimum Gasteiger partial charge on any atom is -0.299 e. The highest BCUT2D eigenvalue weighted by Gasteiger charge is 2.30. The third-order valence-corrected chi connectivity index (χ3v) is 4.93. The molecule has 106 valence electrons. The van der Waals surface area contributed by atoms with Crippen LogP contribution in [0, 0.1) is 29.0 Å². The van der Waals surface area contributed by atoms with Gasteiger partial charge in [-0.2, -0.15) is 5.26 Å². The SMILES string of the molecule is N#Cc1cc(CN2CCC3CCCCC3C2)ccc1F. The molecule has 1 saturated heterocycles. The molecule has 3 heteroatoms. The molecule has 1 aromatic carbocycles. The number of likely N-dealkylation sites (tertiary alicyclic amines) is 1. The Bertz CT molecular complexity index is 520. The van der Waals surface area contributed by atoms with Crippen molar-refractivity contribution in [3.8, 4) is 6.07 Å². The summed E-state index contributed by atoms with van der Waals surface area (Å²) in [5.41, 5.74) is 1.22. The Kier molecular flexibility index (Phi) is 4.03. The van der Waals surface area contributed by atoms with Gasteiger partial charge in [-0.1, -0.05) is 25.3 Å². The van der Waals surface area contributed by atoms with E-state index in [0.717, 1.165) is 30.5 Å². The van der Waals surface area contributed by atoms with Crippen molar-refractivity contribution in [1.82, 2.24) is 4.90 Å². The molecule has 0 radical (unpaired) electrons. The lowest BCUT2D eigenvalue weighted by molar-refractivity contribution is 0.0820. The topological polar surface area (TPSA) is 27.0 Å². The van der Waals surface area contributed by atoms with E-state index in [1.54, 1.807) is 6.07 Å². The van der Waals surface area contributed by atoms with E-state index in [4.69, 9.17) is 5.26 Å². The van der Waals surface area contributed by atoms with Crippen LogP contribution in [0.25, 0.3) is 0 Å². The summed E-state index contributed by atoms with van der Waals surface area (Å²) < 4.78 is 13.3. The highest BCUT2D eigenvalue weighted by molar-refractivity contribution is 5.34. The largest absolute Gasteiger partial charge is 0.299 e. The second-order valence-electron chi connectivity index (χ2n) is 6.25. The summed E-state index contributed by atoms with van der Waals surface area (Å²) in [5.74, 6) is 1.37. The van der Waals surface area contributed by atoms with Crippen molar-refractivity contribution in [3.63, 3.8) is 0 Å². The molecule has 1 aliphatic carbocycles. The average Bonchev–Trinajstić information content (AvgIpc) is 2.49. The maximum Gasteiger partial charge on any atom is 0.140 e. The second kappa shape index (κ2) is 5.93. The molecule has 3 rings (SSSR count). The summed E-state index contributed by atoms with van der Waals surface area (Å²) in [5, 5.41) is 8.90. The monoisotopic (exact) mass is 272 g/mol. The number of hydrogen-bond donors (Lipinski definition) is 0. The smallest absolute Gasteiger partial charge is 0.140 e. The lowest BCUT2D eigenvalue weighted by Crippen LogP contribution is -2.41. The summed E-state index contributed by atoms with van der Waals surface area (Å²) in [4.78, 5) is 2.47. The van der Waals surface area contributed by atoms with Crippen LogP contribution in [0.3, 0.4) is 0 Å². The molecule has 0 amide bonds. The van der Waals surface area contributed by atoms with Crippen molar-refractivity contribution >= 4 is 0 Å². The van der Waals surface area contributed by atoms with Crippen LogP contribution in [0.5, 0.6) is 0 Å². The third-order valence-electron chi connectivity index (χ3n) is 4.93. The molecular formula is C17H21FN2. The lowest BCUT2D eigenvalue weighted by atomic mass is 9.75. The van der Waals surface area contributed by atoms with Crippen molar-refractivity contribution in [2.45, 2.75) is 38.6 Å². The van der Waals surface area contributed by atoms with Gasteiger partial charge in [-0.15, -0.1) is 0 Å². The maximum absolute atomic E-state index is 13.3. The van der Waals surface area contributed by atoms with E-state index in [0.29, 0.717) is 0 Å². The van der Waals surface area contributed by atoms with Crippen LogP contribution in [-0.2, 0) is 6.54 Å². The van der Waals surface area contributed by atoms with E-state index in [2.05, 4.69) is 4.90 Å². The molecule has 1 aliphatic heterocycles. The van der Waals surface area contributed by atoms with Crippen molar-refractivity contribution in [3.05, 3.63) is 35.1 Å². The fraction of sp³-hybridized carbons (Fsp3) is 0.588. The van der Waals surface area contributed by atoms with Crippen LogP contribution in [0.15, 0.2) is 18.2 Å². The summed E-state index contributed by atoms with van der Waals surface area (Å²) in [6, 6.07) is 6.85. The van der Waals surface area contributed by atoms with E-state index < -0.39 is 5.82 Å². The van der Waals surface area contributed by atoms with E-state index >= 15 is 0 Å². The molecule has 0 N–H and O–H groups in total. The van der Waals surface area contributed by atoms with Gasteiger partial charge in [-0.25, -0.2) is 4.39 Å². The predicted molar refractivity (Wildman–Crippen MR) is 76.5 cm³/mol. The van der Waals surface area contributed by atoms with Gasteiger partial charge >= 0.3 is 0 Å². The van der Waals surface area contributed by atoms with E-state index in [9.17, 15) is 4.39 Å². The molecule has 0 spiro atoms. The summed E-state index contributed by atoms with van der Waals surface area (Å²) in [6.07, 6.45) is 6.87. The molecule has 2 atom stereocenters. The van der Waals surface area contributed by atoms with Gasteiger partial charge in [0.1, 0.15) is 11.9 Å². The lowest BCUT2D eigenvalue weighted by Gasteiger charge is -2.41. The standard InChI is InChI=1S/C17H21FN2/c18-17-6-5-13(9-16(17)10-19)11-20-8-7-14-3-1-2-4-15(14)12-20/h5-6,9,14-15H,1-4,7-8,11-12H2. The second-order valence-corrected chi connectivity index (χ2v) is 6.25. The molecule has 1 aromatic rings. The van der Waals surface area contributed by atoms with Crippen LogP contribution >= 0.6 is 0 Å². The van der Waals surface area contributed by atoms with Gasteiger partial charge < -0.3 is 0 Å². The highest BCUT2D eigenvalue weighted by Crippen LogP contribution is 2.36. The van der Waals surface area contributed by atoms with Crippen molar-refractivity contribution in [2.75, 3.05) is 13.1 Å². The van der Waals surface area contributed by atoms with Crippen LogP contribution in [0.2, 0.25) is 0 Å². The van der Waals surface area contributed by atoms with Gasteiger partial charge in [0.15, 0.2) is 0 Å². The van der Waals surface area contributed by atoms with Crippen molar-refractivity contribution in [2.24, 2.45) is 11.8 Å². The normalized spacial score (nSPS) is 26.8. The molecule has 0 bridgehead atoms. The average molecular weight is 272 g/mol. The predicted octanol–water partition coefficient (Wildman–Crippen LogP) is 3.71. The summed E-state index contributed by atoms with van der Waals surface area (Å²) in [7, 11) is 0. The van der Waals surface area contributed by atoms with Gasteiger partial charge in [0.05, 0.1) is 5.56 Å². The zero-order valence-corrected chi connectivity index (χ0v) is 11.8. The van der Waals surface area contributed by atoms with Gasteiger partial charge in [0.2, 0.25) is 0 Å². The molecule has 1 saturated carbocycles. The van der Waals surface area contributed by atoms with Crippen LogP contribution in [-0.4, -0.2) is 18.0 Å². The molecular weight excluding hydrogens is 251 g/mol. The van der Waals surface area contributed by atoms with Crippen molar-refractivity contribution < 1.29 is 4.39 Å². The van der Waals surface area contributed by atoms with Crippen LogP contribution in [0.4, 0.5) is 4.39 Å². The molecule has 1 heterocycles. The first-order valence-electron chi connectivity index (χ1n) is 7.67. The third kappa shape index (κ3) is 2.86. The van der Waals surface area contributed by atoms with E-state index in [1.807, 2.05) is 12.1 Å². The van der Waals surface area contributed by atoms with Crippen molar-refractivity contribution in [1.29, 1.82) is 5.26 Å². The van der Waals surface area contributed by atoms with Gasteiger partial charge in [0, 0.05) is 13.1 Å². The fourth-order valence-corrected chi connectivity index (χ4v) is 3.83. The van der Waals surface area contributed by atoms with Gasteiger partial charge in [-0.05, 0) is 48.9 Å². The Morgan fingerprint density at radius 2 is 2.00 bits per heavy atom. The Hall–Kier alpha value is -1.40. The number of nitrogens with zero attached hydrogens (tertiary/aromatic N) is 2. The first-order valence-corrected chi connectivity index (χ1v) is 7.67. The summed E-state index contributed by atoms with van der Waals surface area (Å²) in [6.45, 7) is 3.16. The minimum absolute atomic E-state index is 0.162. The molecule has 2 nitrogen and oxygen atoms in total.